The highest BCUT2D eigenvalue weighted by atomic mass is 19.1. The first-order valence-corrected chi connectivity index (χ1v) is 6.83. The van der Waals surface area contributed by atoms with Crippen LogP contribution in [0.15, 0.2) is 48.5 Å². The lowest BCUT2D eigenvalue weighted by Gasteiger charge is -2.09. The topological polar surface area (TPSA) is 76.9 Å². The third-order valence-electron chi connectivity index (χ3n) is 3.44. The number of nitrogen functional groups attached to an aromatic ring is 1. The number of hydrogen-bond acceptors (Lipinski definition) is 4. The van der Waals surface area contributed by atoms with Crippen molar-refractivity contribution in [1.82, 2.24) is 9.78 Å². The van der Waals surface area contributed by atoms with E-state index in [-0.39, 0.29) is 11.4 Å². The minimum absolute atomic E-state index is 0.177. The van der Waals surface area contributed by atoms with Gasteiger partial charge in [0.2, 0.25) is 0 Å². The van der Waals surface area contributed by atoms with E-state index in [4.69, 9.17) is 10.5 Å². The van der Waals surface area contributed by atoms with Gasteiger partial charge in [0, 0.05) is 5.56 Å². The fourth-order valence-corrected chi connectivity index (χ4v) is 2.37. The minimum atomic E-state index is -0.406. The summed E-state index contributed by atoms with van der Waals surface area (Å²) < 4.78 is 20.2. The number of aromatic nitrogens is 2. The Morgan fingerprint density at radius 3 is 2.70 bits per heavy atom. The molecule has 0 radical (unpaired) electrons. The van der Waals surface area contributed by atoms with E-state index in [0.717, 1.165) is 0 Å². The van der Waals surface area contributed by atoms with Gasteiger partial charge in [0.05, 0.1) is 7.11 Å². The molecule has 0 saturated heterocycles. The summed E-state index contributed by atoms with van der Waals surface area (Å²) in [7, 11) is 1.54. The van der Waals surface area contributed by atoms with Gasteiger partial charge in [-0.15, -0.1) is 0 Å². The predicted molar refractivity (Wildman–Crippen MR) is 84.6 cm³/mol. The predicted octanol–water partition coefficient (Wildman–Crippen LogP) is 3.14. The van der Waals surface area contributed by atoms with Crippen molar-refractivity contribution in [1.29, 1.82) is 5.26 Å². The first kappa shape index (κ1) is 14.6. The fourth-order valence-electron chi connectivity index (χ4n) is 2.37. The van der Waals surface area contributed by atoms with Gasteiger partial charge in [-0.05, 0) is 24.3 Å². The van der Waals surface area contributed by atoms with Crippen molar-refractivity contribution in [3.05, 3.63) is 59.9 Å². The number of nitrogens with zero attached hydrogens (tertiary/aromatic N) is 3. The van der Waals surface area contributed by atoms with Crippen LogP contribution in [-0.2, 0) is 0 Å². The minimum Gasteiger partial charge on any atom is -0.494 e. The standard InChI is InChI=1S/C17H13FN4O/c1-23-15-8-3-2-7-14(15)22-17(20)13(10-19)16(21-22)11-5-4-6-12(18)9-11/h2-9H,20H2,1H3. The van der Waals surface area contributed by atoms with Crippen LogP contribution in [0.3, 0.4) is 0 Å². The molecule has 2 aromatic carbocycles. The summed E-state index contributed by atoms with van der Waals surface area (Å²) in [5.74, 6) is 0.338. The summed E-state index contributed by atoms with van der Waals surface area (Å²) in [5, 5.41) is 13.8. The summed E-state index contributed by atoms with van der Waals surface area (Å²) in [6.07, 6.45) is 0. The summed E-state index contributed by atoms with van der Waals surface area (Å²) in [5.41, 5.74) is 7.69. The summed E-state index contributed by atoms with van der Waals surface area (Å²) in [6.45, 7) is 0. The zero-order chi connectivity index (χ0) is 16.4. The fraction of sp³-hybridized carbons (Fsp3) is 0.0588. The van der Waals surface area contributed by atoms with Gasteiger partial charge in [-0.2, -0.15) is 10.4 Å². The quantitative estimate of drug-likeness (QED) is 0.806. The van der Waals surface area contributed by atoms with Gasteiger partial charge in [0.15, 0.2) is 0 Å². The largest absolute Gasteiger partial charge is 0.494 e. The van der Waals surface area contributed by atoms with Crippen molar-refractivity contribution in [3.63, 3.8) is 0 Å². The number of halogens is 1. The summed E-state index contributed by atoms with van der Waals surface area (Å²) in [6, 6.07) is 15.1. The maximum atomic E-state index is 13.5. The lowest BCUT2D eigenvalue weighted by atomic mass is 10.1. The zero-order valence-corrected chi connectivity index (χ0v) is 12.3. The first-order valence-electron chi connectivity index (χ1n) is 6.83. The lowest BCUT2D eigenvalue weighted by Crippen LogP contribution is -2.04. The van der Waals surface area contributed by atoms with E-state index in [9.17, 15) is 9.65 Å². The third kappa shape index (κ3) is 2.49. The van der Waals surface area contributed by atoms with Crippen LogP contribution in [0, 0.1) is 17.1 Å². The first-order chi connectivity index (χ1) is 11.2. The molecule has 2 N–H and O–H groups in total. The molecule has 0 saturated carbocycles. The lowest BCUT2D eigenvalue weighted by molar-refractivity contribution is 0.412. The number of nitrogens with two attached hydrogens (primary N) is 1. The molecule has 0 aliphatic carbocycles. The maximum absolute atomic E-state index is 13.5. The van der Waals surface area contributed by atoms with Crippen LogP contribution < -0.4 is 10.5 Å². The molecule has 0 unspecified atom stereocenters. The maximum Gasteiger partial charge on any atom is 0.146 e. The highest BCUT2D eigenvalue weighted by Gasteiger charge is 2.20. The van der Waals surface area contributed by atoms with Gasteiger partial charge in [-0.3, -0.25) is 0 Å². The molecule has 6 heteroatoms. The van der Waals surface area contributed by atoms with Crippen molar-refractivity contribution < 1.29 is 9.13 Å². The van der Waals surface area contributed by atoms with Crippen LogP contribution in [0.4, 0.5) is 10.2 Å². The Morgan fingerprint density at radius 2 is 2.00 bits per heavy atom. The second-order valence-corrected chi connectivity index (χ2v) is 4.81. The Balaban J connectivity index is 2.24. The summed E-state index contributed by atoms with van der Waals surface area (Å²) >= 11 is 0. The van der Waals surface area contributed by atoms with E-state index in [0.29, 0.717) is 22.7 Å². The van der Waals surface area contributed by atoms with E-state index in [1.54, 1.807) is 24.3 Å². The second kappa shape index (κ2) is 5.81. The van der Waals surface area contributed by atoms with Gasteiger partial charge in [-0.25, -0.2) is 9.07 Å². The number of ether oxygens (including phenoxy) is 1. The molecule has 0 spiro atoms. The Bertz CT molecular complexity index is 911. The Hall–Kier alpha value is -3.33. The van der Waals surface area contributed by atoms with Gasteiger partial charge in [-0.1, -0.05) is 24.3 Å². The third-order valence-corrected chi connectivity index (χ3v) is 3.44. The molecule has 0 bridgehead atoms. The van der Waals surface area contributed by atoms with Gasteiger partial charge in [0.25, 0.3) is 0 Å². The molecule has 5 nitrogen and oxygen atoms in total. The molecular weight excluding hydrogens is 295 g/mol. The van der Waals surface area contributed by atoms with Crippen molar-refractivity contribution in [2.24, 2.45) is 0 Å². The molecule has 1 heterocycles. The van der Waals surface area contributed by atoms with Gasteiger partial charge < -0.3 is 10.5 Å². The normalized spacial score (nSPS) is 10.3. The number of anilines is 1. The number of nitriles is 1. The molecule has 0 aliphatic heterocycles. The van der Waals surface area contributed by atoms with E-state index in [1.807, 2.05) is 18.2 Å². The van der Waals surface area contributed by atoms with Crippen LogP contribution in [0.1, 0.15) is 5.56 Å². The SMILES string of the molecule is COc1ccccc1-n1nc(-c2cccc(F)c2)c(C#N)c1N. The smallest absolute Gasteiger partial charge is 0.146 e. The van der Waals surface area contributed by atoms with Crippen LogP contribution >= 0.6 is 0 Å². The van der Waals surface area contributed by atoms with E-state index in [2.05, 4.69) is 5.10 Å². The highest BCUT2D eigenvalue weighted by molar-refractivity contribution is 5.74. The number of methoxy groups -OCH3 is 1. The van der Waals surface area contributed by atoms with Gasteiger partial charge >= 0.3 is 0 Å². The molecule has 23 heavy (non-hydrogen) atoms. The molecule has 0 fully saturated rings. The monoisotopic (exact) mass is 308 g/mol. The van der Waals surface area contributed by atoms with Crippen LogP contribution in [0.25, 0.3) is 16.9 Å². The van der Waals surface area contributed by atoms with Crippen LogP contribution in [-0.4, -0.2) is 16.9 Å². The number of para-hydroxylation sites is 2. The second-order valence-electron chi connectivity index (χ2n) is 4.81. The van der Waals surface area contributed by atoms with E-state index in [1.165, 1.54) is 23.9 Å². The Labute approximate surface area is 132 Å². The molecule has 0 aliphatic rings. The Kier molecular flexibility index (Phi) is 3.69. The van der Waals surface area contributed by atoms with Crippen molar-refractivity contribution in [2.75, 3.05) is 12.8 Å². The van der Waals surface area contributed by atoms with Crippen LogP contribution in [0.2, 0.25) is 0 Å². The molecular formula is C17H13FN4O. The average Bonchev–Trinajstić information content (AvgIpc) is 2.91. The van der Waals surface area contributed by atoms with Crippen LogP contribution in [0.5, 0.6) is 5.75 Å². The number of benzene rings is 2. The highest BCUT2D eigenvalue weighted by Crippen LogP contribution is 2.31. The number of rotatable bonds is 3. The molecule has 0 amide bonds. The number of hydrogen-bond donors (Lipinski definition) is 1. The van der Waals surface area contributed by atoms with Crippen molar-refractivity contribution in [3.8, 4) is 28.8 Å². The average molecular weight is 308 g/mol. The molecule has 0 atom stereocenters. The Morgan fingerprint density at radius 1 is 1.22 bits per heavy atom. The molecule has 1 aromatic heterocycles. The van der Waals surface area contributed by atoms with Crippen molar-refractivity contribution >= 4 is 5.82 Å². The van der Waals surface area contributed by atoms with Gasteiger partial charge in [0.1, 0.15) is 40.4 Å². The summed E-state index contributed by atoms with van der Waals surface area (Å²) in [4.78, 5) is 0. The molecule has 3 rings (SSSR count). The molecule has 3 aromatic rings. The van der Waals surface area contributed by atoms with Crippen molar-refractivity contribution in [2.45, 2.75) is 0 Å². The zero-order valence-electron chi connectivity index (χ0n) is 12.3. The molecule has 114 valence electrons. The van der Waals surface area contributed by atoms with E-state index >= 15 is 0 Å². The van der Waals surface area contributed by atoms with E-state index < -0.39 is 5.82 Å².